The van der Waals surface area contributed by atoms with Gasteiger partial charge in [-0.15, -0.1) is 0 Å². The van der Waals surface area contributed by atoms with Crippen LogP contribution in [-0.4, -0.2) is 39.6 Å². The van der Waals surface area contributed by atoms with E-state index in [0.717, 1.165) is 5.69 Å². The molecule has 0 atom stereocenters. The van der Waals surface area contributed by atoms with Crippen molar-refractivity contribution in [3.8, 4) is 0 Å². The number of hydrogen-bond donors (Lipinski definition) is 1. The van der Waals surface area contributed by atoms with Crippen molar-refractivity contribution in [1.82, 2.24) is 9.88 Å². The van der Waals surface area contributed by atoms with Crippen LogP contribution in [0.1, 0.15) is 29.9 Å². The van der Waals surface area contributed by atoms with Gasteiger partial charge in [-0.3, -0.25) is 9.78 Å². The Bertz CT molecular complexity index is 437. The predicted octanol–water partition coefficient (Wildman–Crippen LogP) is 1.23. The van der Waals surface area contributed by atoms with Gasteiger partial charge in [0.1, 0.15) is 5.60 Å². The van der Waals surface area contributed by atoms with Gasteiger partial charge in [-0.1, -0.05) is 13.8 Å². The summed E-state index contributed by atoms with van der Waals surface area (Å²) < 4.78 is 0. The molecule has 0 spiro atoms. The monoisotopic (exact) mass is 234 g/mol. The van der Waals surface area contributed by atoms with Gasteiger partial charge in [0, 0.05) is 17.5 Å². The fraction of sp³-hybridized carbons (Fsp3) is 0.538. The zero-order valence-corrected chi connectivity index (χ0v) is 10.5. The highest BCUT2D eigenvalue weighted by atomic mass is 16.3. The van der Waals surface area contributed by atoms with E-state index < -0.39 is 5.60 Å². The molecule has 1 fully saturated rings. The van der Waals surface area contributed by atoms with E-state index in [1.54, 1.807) is 23.2 Å². The standard InChI is InChI=1S/C13H18N2O2/c1-9(2)13(17)7-15(8-13)12(16)11-4-5-14-10(3)6-11/h4-6,9,17H,7-8H2,1-3H3. The quantitative estimate of drug-likeness (QED) is 0.837. The SMILES string of the molecule is Cc1cc(C(=O)N2CC(O)(C(C)C)C2)ccn1. The molecule has 4 nitrogen and oxygen atoms in total. The van der Waals surface area contributed by atoms with E-state index >= 15 is 0 Å². The molecule has 4 heteroatoms. The topological polar surface area (TPSA) is 53.4 Å². The minimum Gasteiger partial charge on any atom is -0.386 e. The second-order valence-corrected chi connectivity index (χ2v) is 5.11. The van der Waals surface area contributed by atoms with Crippen molar-refractivity contribution in [2.75, 3.05) is 13.1 Å². The van der Waals surface area contributed by atoms with Crippen molar-refractivity contribution < 1.29 is 9.90 Å². The van der Waals surface area contributed by atoms with Crippen LogP contribution in [0.3, 0.4) is 0 Å². The first-order valence-corrected chi connectivity index (χ1v) is 5.87. The molecule has 2 rings (SSSR count). The lowest BCUT2D eigenvalue weighted by molar-refractivity contribution is -0.110. The van der Waals surface area contributed by atoms with E-state index in [-0.39, 0.29) is 11.8 Å². The van der Waals surface area contributed by atoms with E-state index in [9.17, 15) is 9.90 Å². The van der Waals surface area contributed by atoms with Crippen LogP contribution in [0.2, 0.25) is 0 Å². The summed E-state index contributed by atoms with van der Waals surface area (Å²) in [6.07, 6.45) is 1.64. The van der Waals surface area contributed by atoms with E-state index in [1.807, 2.05) is 20.8 Å². The third kappa shape index (κ3) is 2.17. The number of rotatable bonds is 2. The third-order valence-corrected chi connectivity index (χ3v) is 3.43. The van der Waals surface area contributed by atoms with Crippen molar-refractivity contribution >= 4 is 5.91 Å². The molecule has 2 heterocycles. The molecular weight excluding hydrogens is 216 g/mol. The average Bonchev–Trinajstić information content (AvgIpc) is 2.23. The van der Waals surface area contributed by atoms with Crippen LogP contribution in [0.5, 0.6) is 0 Å². The van der Waals surface area contributed by atoms with E-state index in [2.05, 4.69) is 4.98 Å². The van der Waals surface area contributed by atoms with Crippen molar-refractivity contribution in [3.05, 3.63) is 29.6 Å². The molecule has 1 aliphatic rings. The van der Waals surface area contributed by atoms with Gasteiger partial charge < -0.3 is 10.0 Å². The lowest BCUT2D eigenvalue weighted by Crippen LogP contribution is -2.65. The molecule has 1 aromatic rings. The zero-order chi connectivity index (χ0) is 12.6. The molecule has 0 radical (unpaired) electrons. The number of likely N-dealkylation sites (tertiary alicyclic amines) is 1. The molecule has 0 unspecified atom stereocenters. The first-order chi connectivity index (χ1) is 7.92. The summed E-state index contributed by atoms with van der Waals surface area (Å²) in [7, 11) is 0. The lowest BCUT2D eigenvalue weighted by Gasteiger charge is -2.49. The minimum absolute atomic E-state index is 0.0270. The maximum Gasteiger partial charge on any atom is 0.254 e. The minimum atomic E-state index is -0.711. The Morgan fingerprint density at radius 1 is 1.53 bits per heavy atom. The lowest BCUT2D eigenvalue weighted by atomic mass is 9.82. The summed E-state index contributed by atoms with van der Waals surface area (Å²) in [6.45, 7) is 6.64. The second-order valence-electron chi connectivity index (χ2n) is 5.11. The average molecular weight is 234 g/mol. The highest BCUT2D eigenvalue weighted by molar-refractivity contribution is 5.95. The fourth-order valence-electron chi connectivity index (χ4n) is 1.98. The molecular formula is C13H18N2O2. The fourth-order valence-corrected chi connectivity index (χ4v) is 1.98. The number of aromatic nitrogens is 1. The smallest absolute Gasteiger partial charge is 0.254 e. The molecule has 17 heavy (non-hydrogen) atoms. The molecule has 1 aromatic heterocycles. The molecule has 92 valence electrons. The van der Waals surface area contributed by atoms with Crippen LogP contribution >= 0.6 is 0 Å². The predicted molar refractivity (Wildman–Crippen MR) is 64.7 cm³/mol. The maximum absolute atomic E-state index is 12.1. The number of hydrogen-bond acceptors (Lipinski definition) is 3. The van der Waals surface area contributed by atoms with Crippen LogP contribution in [-0.2, 0) is 0 Å². The maximum atomic E-state index is 12.1. The number of nitrogens with zero attached hydrogens (tertiary/aromatic N) is 2. The highest BCUT2D eigenvalue weighted by Crippen LogP contribution is 2.29. The van der Waals surface area contributed by atoms with Crippen LogP contribution in [0.15, 0.2) is 18.3 Å². The van der Waals surface area contributed by atoms with E-state index in [0.29, 0.717) is 18.7 Å². The normalized spacial score (nSPS) is 18.1. The van der Waals surface area contributed by atoms with Gasteiger partial charge >= 0.3 is 0 Å². The van der Waals surface area contributed by atoms with Crippen molar-refractivity contribution in [1.29, 1.82) is 0 Å². The molecule has 0 bridgehead atoms. The van der Waals surface area contributed by atoms with Crippen LogP contribution in [0, 0.1) is 12.8 Å². The van der Waals surface area contributed by atoms with Crippen LogP contribution < -0.4 is 0 Å². The summed E-state index contributed by atoms with van der Waals surface area (Å²) in [4.78, 5) is 17.8. The number of pyridine rings is 1. The number of amides is 1. The van der Waals surface area contributed by atoms with Gasteiger partial charge in [-0.2, -0.15) is 0 Å². The van der Waals surface area contributed by atoms with Gasteiger partial charge in [-0.25, -0.2) is 0 Å². The van der Waals surface area contributed by atoms with Crippen molar-refractivity contribution in [2.45, 2.75) is 26.4 Å². The summed E-state index contributed by atoms with van der Waals surface area (Å²) in [5.74, 6) is 0.145. The number of β-amino-alcohol motifs (C(OH)–C–C–N with tert-alkyl or cyclic N) is 1. The summed E-state index contributed by atoms with van der Waals surface area (Å²) in [6, 6.07) is 3.48. The summed E-state index contributed by atoms with van der Waals surface area (Å²) in [5, 5.41) is 10.1. The van der Waals surface area contributed by atoms with Crippen LogP contribution in [0.4, 0.5) is 0 Å². The molecule has 1 amide bonds. The summed E-state index contributed by atoms with van der Waals surface area (Å²) >= 11 is 0. The molecule has 0 aliphatic carbocycles. The summed E-state index contributed by atoms with van der Waals surface area (Å²) in [5.41, 5.74) is 0.761. The van der Waals surface area contributed by atoms with Gasteiger partial charge in [-0.05, 0) is 25.0 Å². The number of carbonyl (C=O) groups excluding carboxylic acids is 1. The zero-order valence-electron chi connectivity index (χ0n) is 10.5. The Balaban J connectivity index is 2.05. The number of carbonyl (C=O) groups is 1. The number of aryl methyl sites for hydroxylation is 1. The van der Waals surface area contributed by atoms with Crippen molar-refractivity contribution in [2.24, 2.45) is 5.92 Å². The molecule has 1 aliphatic heterocycles. The second kappa shape index (κ2) is 4.11. The van der Waals surface area contributed by atoms with Crippen LogP contribution in [0.25, 0.3) is 0 Å². The Hall–Kier alpha value is -1.42. The first kappa shape index (κ1) is 12.0. The first-order valence-electron chi connectivity index (χ1n) is 5.87. The number of aliphatic hydroxyl groups is 1. The molecule has 0 aromatic carbocycles. The van der Waals surface area contributed by atoms with E-state index in [1.165, 1.54) is 0 Å². The van der Waals surface area contributed by atoms with Gasteiger partial charge in [0.05, 0.1) is 13.1 Å². The Morgan fingerprint density at radius 3 is 2.71 bits per heavy atom. The molecule has 0 saturated carbocycles. The van der Waals surface area contributed by atoms with Gasteiger partial charge in [0.2, 0.25) is 0 Å². The van der Waals surface area contributed by atoms with Gasteiger partial charge in [0.25, 0.3) is 5.91 Å². The largest absolute Gasteiger partial charge is 0.386 e. The van der Waals surface area contributed by atoms with Gasteiger partial charge in [0.15, 0.2) is 0 Å². The Labute approximate surface area is 101 Å². The Kier molecular flexibility index (Phi) is 2.91. The highest BCUT2D eigenvalue weighted by Gasteiger charge is 2.45. The molecule has 1 N–H and O–H groups in total. The Morgan fingerprint density at radius 2 is 2.18 bits per heavy atom. The van der Waals surface area contributed by atoms with Crippen molar-refractivity contribution in [3.63, 3.8) is 0 Å². The molecule has 1 saturated heterocycles. The van der Waals surface area contributed by atoms with E-state index in [4.69, 9.17) is 0 Å². The third-order valence-electron chi connectivity index (χ3n) is 3.43.